The second-order valence-electron chi connectivity index (χ2n) is 9.72. The van der Waals surface area contributed by atoms with Gasteiger partial charge in [-0.25, -0.2) is 9.97 Å². The summed E-state index contributed by atoms with van der Waals surface area (Å²) in [7, 11) is 4.01. The Hall–Kier alpha value is -4.20. The first-order valence-electron chi connectivity index (χ1n) is 12.7. The fourth-order valence-electron chi connectivity index (χ4n) is 4.81. The lowest BCUT2D eigenvalue weighted by Crippen LogP contribution is -2.45. The van der Waals surface area contributed by atoms with Crippen LogP contribution >= 0.6 is 0 Å². The molecule has 190 valence electrons. The van der Waals surface area contributed by atoms with Gasteiger partial charge in [-0.3, -0.25) is 14.2 Å². The second-order valence-corrected chi connectivity index (χ2v) is 9.72. The van der Waals surface area contributed by atoms with Crippen LogP contribution in [-0.4, -0.2) is 47.6 Å². The number of fused-ring (bicyclic) bond motifs is 1. The van der Waals surface area contributed by atoms with Crippen molar-refractivity contribution in [1.82, 2.24) is 19.9 Å². The molecule has 1 saturated heterocycles. The fraction of sp³-hybridized carbons (Fsp3) is 0.310. The summed E-state index contributed by atoms with van der Waals surface area (Å²) in [6.07, 6.45) is 3.29. The van der Waals surface area contributed by atoms with Gasteiger partial charge in [-0.1, -0.05) is 42.5 Å². The molecule has 0 spiro atoms. The average Bonchev–Trinajstić information content (AvgIpc) is 2.94. The molecule has 5 rings (SSSR count). The van der Waals surface area contributed by atoms with Gasteiger partial charge in [-0.15, -0.1) is 0 Å². The quantitative estimate of drug-likeness (QED) is 0.422. The summed E-state index contributed by atoms with van der Waals surface area (Å²) in [5.41, 5.74) is 4.24. The van der Waals surface area contributed by atoms with E-state index >= 15 is 0 Å². The summed E-state index contributed by atoms with van der Waals surface area (Å²) in [6.45, 7) is 2.04. The molecule has 37 heavy (non-hydrogen) atoms. The van der Waals surface area contributed by atoms with Crippen molar-refractivity contribution in [2.24, 2.45) is 5.92 Å². The maximum atomic E-state index is 13.7. The number of piperidine rings is 1. The number of anilines is 2. The van der Waals surface area contributed by atoms with Crippen LogP contribution in [0.25, 0.3) is 11.2 Å². The molecular weight excluding hydrogens is 464 g/mol. The number of aromatic nitrogens is 3. The number of carbonyl (C=O) groups excluding carboxylic acids is 1. The number of hydrogen-bond acceptors (Lipinski definition) is 6. The van der Waals surface area contributed by atoms with Gasteiger partial charge in [-0.05, 0) is 48.2 Å². The molecule has 8 heteroatoms. The third kappa shape index (κ3) is 5.48. The smallest absolute Gasteiger partial charge is 0.295 e. The topological polar surface area (TPSA) is 83.4 Å². The number of pyridine rings is 1. The van der Waals surface area contributed by atoms with E-state index in [1.165, 1.54) is 0 Å². The summed E-state index contributed by atoms with van der Waals surface area (Å²) in [5.74, 6) is 0.185. The predicted octanol–water partition coefficient (Wildman–Crippen LogP) is 3.44. The van der Waals surface area contributed by atoms with Crippen LogP contribution in [0, 0.1) is 5.92 Å². The molecule has 0 bridgehead atoms. The van der Waals surface area contributed by atoms with Gasteiger partial charge < -0.3 is 15.1 Å². The van der Waals surface area contributed by atoms with Crippen LogP contribution in [0.5, 0.6) is 0 Å². The molecule has 0 saturated carbocycles. The van der Waals surface area contributed by atoms with E-state index in [1.54, 1.807) is 10.8 Å². The molecule has 2 aromatic carbocycles. The summed E-state index contributed by atoms with van der Waals surface area (Å²) in [5, 5.41) is 3.08. The van der Waals surface area contributed by atoms with Crippen molar-refractivity contribution in [2.75, 3.05) is 37.0 Å². The summed E-state index contributed by atoms with van der Waals surface area (Å²) >= 11 is 0. The Bertz CT molecular complexity index is 1430. The number of rotatable bonds is 7. The Morgan fingerprint density at radius 1 is 1.03 bits per heavy atom. The van der Waals surface area contributed by atoms with E-state index < -0.39 is 0 Å². The first-order chi connectivity index (χ1) is 18.0. The molecule has 0 radical (unpaired) electrons. The molecule has 0 unspecified atom stereocenters. The Balaban J connectivity index is 1.34. The molecule has 1 aliphatic rings. The molecule has 1 amide bonds. The monoisotopic (exact) mass is 496 g/mol. The number of hydrogen-bond donors (Lipinski definition) is 1. The highest BCUT2D eigenvalue weighted by Gasteiger charge is 2.28. The summed E-state index contributed by atoms with van der Waals surface area (Å²) < 4.78 is 1.69. The van der Waals surface area contributed by atoms with E-state index in [1.807, 2.05) is 90.6 Å². The molecule has 1 atom stereocenters. The third-order valence-corrected chi connectivity index (χ3v) is 6.88. The minimum atomic E-state index is -0.205. The number of nitrogens with one attached hydrogen (secondary N) is 1. The first kappa shape index (κ1) is 24.5. The van der Waals surface area contributed by atoms with Crippen LogP contribution in [0.2, 0.25) is 0 Å². The van der Waals surface area contributed by atoms with Crippen LogP contribution in [0.1, 0.15) is 24.0 Å². The summed E-state index contributed by atoms with van der Waals surface area (Å²) in [6, 6.07) is 21.7. The van der Waals surface area contributed by atoms with Crippen LogP contribution in [0.15, 0.2) is 77.7 Å². The molecular formula is C29H32N6O2. The molecule has 2 aromatic heterocycles. The van der Waals surface area contributed by atoms with E-state index in [0.29, 0.717) is 43.2 Å². The number of nitrogens with zero attached hydrogens (tertiary/aromatic N) is 5. The standard InChI is InChI=1S/C29H32N6O2/c1-33(2)24-14-12-21(13-15-24)18-31-28(36)23-10-7-17-34(20-23)27-29(37)35(19-22-8-4-3-5-9-22)26-25(32-27)11-6-16-30-26/h3-6,8-9,11-16,23H,7,10,17-20H2,1-2H3,(H,31,36)/t23-/m0/s1. The highest BCUT2D eigenvalue weighted by Crippen LogP contribution is 2.22. The van der Waals surface area contributed by atoms with E-state index in [4.69, 9.17) is 4.98 Å². The van der Waals surface area contributed by atoms with Crippen molar-refractivity contribution in [2.45, 2.75) is 25.9 Å². The second kappa shape index (κ2) is 10.8. The van der Waals surface area contributed by atoms with Crippen LogP contribution in [0.4, 0.5) is 11.5 Å². The molecule has 1 N–H and O–H groups in total. The van der Waals surface area contributed by atoms with Crippen molar-refractivity contribution in [3.8, 4) is 0 Å². The van der Waals surface area contributed by atoms with Crippen molar-refractivity contribution < 1.29 is 4.79 Å². The van der Waals surface area contributed by atoms with Gasteiger partial charge in [0.1, 0.15) is 5.52 Å². The maximum Gasteiger partial charge on any atom is 0.295 e. The highest BCUT2D eigenvalue weighted by molar-refractivity contribution is 5.79. The molecule has 8 nitrogen and oxygen atoms in total. The number of benzene rings is 2. The van der Waals surface area contributed by atoms with E-state index in [0.717, 1.165) is 29.7 Å². The lowest BCUT2D eigenvalue weighted by Gasteiger charge is -2.32. The molecule has 1 aliphatic heterocycles. The number of amides is 1. The molecule has 0 aliphatic carbocycles. The van der Waals surface area contributed by atoms with Crippen LogP contribution < -0.4 is 20.7 Å². The minimum absolute atomic E-state index is 0.00783. The van der Waals surface area contributed by atoms with Crippen molar-refractivity contribution >= 4 is 28.6 Å². The largest absolute Gasteiger partial charge is 0.378 e. The average molecular weight is 497 g/mol. The van der Waals surface area contributed by atoms with E-state index in [-0.39, 0.29) is 17.4 Å². The van der Waals surface area contributed by atoms with Crippen LogP contribution in [-0.2, 0) is 17.9 Å². The zero-order valence-electron chi connectivity index (χ0n) is 21.3. The first-order valence-corrected chi connectivity index (χ1v) is 12.7. The Morgan fingerprint density at radius 3 is 2.57 bits per heavy atom. The normalized spacial score (nSPS) is 15.5. The number of carbonyl (C=O) groups is 1. The zero-order valence-corrected chi connectivity index (χ0v) is 21.3. The lowest BCUT2D eigenvalue weighted by atomic mass is 9.97. The molecule has 3 heterocycles. The predicted molar refractivity (Wildman–Crippen MR) is 147 cm³/mol. The van der Waals surface area contributed by atoms with Gasteiger partial charge in [0, 0.05) is 45.6 Å². The molecule has 4 aromatic rings. The third-order valence-electron chi connectivity index (χ3n) is 6.88. The maximum absolute atomic E-state index is 13.7. The van der Waals surface area contributed by atoms with Crippen LogP contribution in [0.3, 0.4) is 0 Å². The Labute approximate surface area is 216 Å². The minimum Gasteiger partial charge on any atom is -0.378 e. The lowest BCUT2D eigenvalue weighted by molar-refractivity contribution is -0.125. The fourth-order valence-corrected chi connectivity index (χ4v) is 4.81. The van der Waals surface area contributed by atoms with Gasteiger partial charge in [0.15, 0.2) is 11.5 Å². The van der Waals surface area contributed by atoms with E-state index in [9.17, 15) is 9.59 Å². The van der Waals surface area contributed by atoms with Gasteiger partial charge >= 0.3 is 0 Å². The SMILES string of the molecule is CN(C)c1ccc(CNC(=O)[C@H]2CCCN(c3nc4cccnc4n(Cc4ccccc4)c3=O)C2)cc1. The Morgan fingerprint density at radius 2 is 1.81 bits per heavy atom. The highest BCUT2D eigenvalue weighted by atomic mass is 16.2. The van der Waals surface area contributed by atoms with E-state index in [2.05, 4.69) is 10.3 Å². The zero-order chi connectivity index (χ0) is 25.8. The van der Waals surface area contributed by atoms with Gasteiger partial charge in [-0.2, -0.15) is 0 Å². The van der Waals surface area contributed by atoms with Crippen molar-refractivity contribution in [1.29, 1.82) is 0 Å². The molecule has 1 fully saturated rings. The van der Waals surface area contributed by atoms with Gasteiger partial charge in [0.25, 0.3) is 5.56 Å². The Kier molecular flexibility index (Phi) is 7.16. The van der Waals surface area contributed by atoms with Gasteiger partial charge in [0.05, 0.1) is 12.5 Å². The van der Waals surface area contributed by atoms with Crippen molar-refractivity contribution in [3.63, 3.8) is 0 Å². The summed E-state index contributed by atoms with van der Waals surface area (Å²) in [4.78, 5) is 39.9. The van der Waals surface area contributed by atoms with Gasteiger partial charge in [0.2, 0.25) is 5.91 Å². The van der Waals surface area contributed by atoms with Crippen molar-refractivity contribution in [3.05, 3.63) is 94.4 Å².